The van der Waals surface area contributed by atoms with Crippen LogP contribution < -0.4 is 30.3 Å². The van der Waals surface area contributed by atoms with Gasteiger partial charge < -0.3 is 25.4 Å². The quantitative estimate of drug-likeness (QED) is 0.307. The van der Waals surface area contributed by atoms with Crippen LogP contribution in [0.15, 0.2) is 79.3 Å². The van der Waals surface area contributed by atoms with Gasteiger partial charge in [0.2, 0.25) is 12.4 Å². The van der Waals surface area contributed by atoms with Gasteiger partial charge in [0, 0.05) is 39.7 Å². The molecule has 37 heavy (non-hydrogen) atoms. The normalized spacial score (nSPS) is 12.6. The molecule has 0 fully saturated rings. The highest BCUT2D eigenvalue weighted by Crippen LogP contribution is 2.29. The molecule has 4 rings (SSSR count). The molecule has 0 spiro atoms. The number of hydrogen-bond donors (Lipinski definition) is 3. The van der Waals surface area contributed by atoms with E-state index in [-0.39, 0.29) is 0 Å². The van der Waals surface area contributed by atoms with Crippen LogP contribution in [0.3, 0.4) is 0 Å². The van der Waals surface area contributed by atoms with Crippen molar-refractivity contribution < 1.29 is 28.6 Å². The molecule has 9 heteroatoms. The van der Waals surface area contributed by atoms with Crippen LogP contribution in [0.2, 0.25) is 0 Å². The summed E-state index contributed by atoms with van der Waals surface area (Å²) in [7, 11) is 1.54. The van der Waals surface area contributed by atoms with E-state index in [1.807, 2.05) is 68.7 Å². The number of nitrogens with one attached hydrogen (secondary N) is 3. The highest BCUT2D eigenvalue weighted by Gasteiger charge is 2.26. The number of benzene rings is 2. The Morgan fingerprint density at radius 3 is 2.46 bits per heavy atom. The summed E-state index contributed by atoms with van der Waals surface area (Å²) < 4.78 is 12.3. The van der Waals surface area contributed by atoms with Gasteiger partial charge in [0.05, 0.1) is 12.8 Å². The summed E-state index contributed by atoms with van der Waals surface area (Å²) in [5.74, 6) is -0.944. The lowest BCUT2D eigenvalue weighted by Gasteiger charge is -2.26. The maximum Gasteiger partial charge on any atom is 0.313 e. The summed E-state index contributed by atoms with van der Waals surface area (Å²) >= 11 is 0. The van der Waals surface area contributed by atoms with E-state index in [0.29, 0.717) is 31.2 Å². The fourth-order valence-corrected chi connectivity index (χ4v) is 3.91. The van der Waals surface area contributed by atoms with Crippen LogP contribution in [-0.4, -0.2) is 31.2 Å². The Hall–Kier alpha value is -4.53. The number of nitrogens with zero attached hydrogens (tertiary/aromatic N) is 1. The van der Waals surface area contributed by atoms with E-state index >= 15 is 0 Å². The number of aromatic nitrogens is 1. The topological polar surface area (TPSA) is 102 Å². The highest BCUT2D eigenvalue weighted by atomic mass is 16.7. The summed E-state index contributed by atoms with van der Waals surface area (Å²) in [5, 5.41) is 8.54. The molecule has 1 aromatic heterocycles. The smallest absolute Gasteiger partial charge is 0.313 e. The second-order valence-corrected chi connectivity index (χ2v) is 9.23. The number of methoxy groups -OCH3 is 1. The lowest BCUT2D eigenvalue weighted by molar-refractivity contribution is -0.895. The van der Waals surface area contributed by atoms with E-state index in [2.05, 4.69) is 16.0 Å². The fourth-order valence-electron chi connectivity index (χ4n) is 3.91. The molecule has 0 saturated heterocycles. The average Bonchev–Trinajstić information content (AvgIpc) is 3.43. The second kappa shape index (κ2) is 11.5. The highest BCUT2D eigenvalue weighted by molar-refractivity contribution is 6.39. The average molecular weight is 504 g/mol. The van der Waals surface area contributed by atoms with E-state index in [0.717, 1.165) is 22.4 Å². The summed E-state index contributed by atoms with van der Waals surface area (Å²) in [6.45, 7) is 4.58. The Labute approximate surface area is 216 Å². The second-order valence-electron chi connectivity index (χ2n) is 9.23. The van der Waals surface area contributed by atoms with Crippen LogP contribution in [0, 0.1) is 0 Å². The number of anilines is 1. The molecule has 2 heterocycles. The van der Waals surface area contributed by atoms with Crippen molar-refractivity contribution in [1.82, 2.24) is 10.6 Å². The van der Waals surface area contributed by atoms with Gasteiger partial charge in [-0.05, 0) is 43.5 Å². The molecule has 2 amide bonds. The molecule has 0 unspecified atom stereocenters. The first-order valence-electron chi connectivity index (χ1n) is 11.9. The van der Waals surface area contributed by atoms with Crippen LogP contribution in [0.25, 0.3) is 5.70 Å². The van der Waals surface area contributed by atoms with Gasteiger partial charge in [-0.15, -0.1) is 0 Å². The predicted octanol–water partition coefficient (Wildman–Crippen LogP) is 2.56. The third-order valence-electron chi connectivity index (χ3n) is 5.70. The third-order valence-corrected chi connectivity index (χ3v) is 5.70. The summed E-state index contributed by atoms with van der Waals surface area (Å²) in [5.41, 5.74) is 3.42. The number of pyridine rings is 1. The van der Waals surface area contributed by atoms with Crippen molar-refractivity contribution in [3.63, 3.8) is 0 Å². The van der Waals surface area contributed by atoms with E-state index in [4.69, 9.17) is 14.3 Å². The zero-order chi connectivity index (χ0) is 26.3. The Balaban J connectivity index is 1.30. The van der Waals surface area contributed by atoms with Crippen molar-refractivity contribution in [2.24, 2.45) is 0 Å². The number of amides is 2. The van der Waals surface area contributed by atoms with E-state index in [1.165, 1.54) is 7.11 Å². The monoisotopic (exact) mass is 503 g/mol. The molecule has 2 aromatic carbocycles. The van der Waals surface area contributed by atoms with Gasteiger partial charge in [0.1, 0.15) is 12.0 Å². The van der Waals surface area contributed by atoms with Crippen LogP contribution in [0.1, 0.15) is 30.5 Å². The van der Waals surface area contributed by atoms with Crippen LogP contribution in [0.4, 0.5) is 5.69 Å². The zero-order valence-electron chi connectivity index (χ0n) is 21.1. The van der Waals surface area contributed by atoms with Crippen molar-refractivity contribution >= 4 is 23.2 Å². The fraction of sp³-hybridized carbons (Fsp3) is 0.250. The van der Waals surface area contributed by atoms with Crippen molar-refractivity contribution in [3.05, 3.63) is 96.0 Å². The minimum atomic E-state index is -0.760. The lowest BCUT2D eigenvalue weighted by atomic mass is 9.95. The van der Waals surface area contributed by atoms with Gasteiger partial charge in [-0.25, -0.2) is 0 Å². The Kier molecular flexibility index (Phi) is 7.92. The molecule has 0 saturated carbocycles. The standard InChI is InChI=1S/C28H30N4O5/c1-28(2,16-20-11-13-32(14-12-20)37-17-21-7-5-4-6-8-21)31-27(34)26(33)30-22-9-10-23(25(15-22)35-3)24-18-36-19-29-24/h4-15,18,29H,16-17,19H2,1-3H3,(H-,30,31,33,34)/p+1. The molecular formula is C28H31N4O5+. The molecule has 3 aromatic rings. The number of carbonyl (C=O) groups is 2. The molecule has 0 bridgehead atoms. The van der Waals surface area contributed by atoms with E-state index < -0.39 is 17.4 Å². The van der Waals surface area contributed by atoms with Crippen molar-refractivity contribution in [2.75, 3.05) is 19.2 Å². The Morgan fingerprint density at radius 2 is 1.78 bits per heavy atom. The molecule has 3 N–H and O–H groups in total. The molecule has 1 aliphatic heterocycles. The largest absolute Gasteiger partial charge is 0.496 e. The lowest BCUT2D eigenvalue weighted by Crippen LogP contribution is -2.49. The Bertz CT molecular complexity index is 1270. The summed E-state index contributed by atoms with van der Waals surface area (Å²) in [6, 6.07) is 18.9. The first-order valence-corrected chi connectivity index (χ1v) is 11.9. The van der Waals surface area contributed by atoms with Gasteiger partial charge >= 0.3 is 11.8 Å². The molecule has 0 radical (unpaired) electrons. The maximum atomic E-state index is 12.6. The zero-order valence-corrected chi connectivity index (χ0v) is 21.1. The van der Waals surface area contributed by atoms with Crippen molar-refractivity contribution in [2.45, 2.75) is 32.4 Å². The van der Waals surface area contributed by atoms with Gasteiger partial charge in [-0.3, -0.25) is 14.4 Å². The number of rotatable bonds is 9. The molecular weight excluding hydrogens is 472 g/mol. The summed E-state index contributed by atoms with van der Waals surface area (Å²) in [4.78, 5) is 31.0. The number of hydrogen-bond acceptors (Lipinski definition) is 6. The van der Waals surface area contributed by atoms with Gasteiger partial charge in [0.25, 0.3) is 0 Å². The van der Waals surface area contributed by atoms with Crippen LogP contribution in [-0.2, 0) is 27.4 Å². The first-order chi connectivity index (χ1) is 17.8. The van der Waals surface area contributed by atoms with Crippen LogP contribution >= 0.6 is 0 Å². The maximum absolute atomic E-state index is 12.6. The van der Waals surface area contributed by atoms with E-state index in [9.17, 15) is 9.59 Å². The van der Waals surface area contributed by atoms with Gasteiger partial charge in [0.15, 0.2) is 13.3 Å². The van der Waals surface area contributed by atoms with Crippen molar-refractivity contribution in [3.8, 4) is 5.75 Å². The SMILES string of the molecule is COc1cc(NC(=O)C(=O)NC(C)(C)Cc2cc[n+](OCc3ccccc3)cc2)ccc1C1=COCN1. The Morgan fingerprint density at radius 1 is 1.03 bits per heavy atom. The van der Waals surface area contributed by atoms with Crippen LogP contribution in [0.5, 0.6) is 5.75 Å². The minimum Gasteiger partial charge on any atom is -0.496 e. The minimum absolute atomic E-state index is 0.387. The molecule has 0 aliphatic carbocycles. The molecule has 192 valence electrons. The summed E-state index contributed by atoms with van der Waals surface area (Å²) in [6.07, 6.45) is 5.78. The van der Waals surface area contributed by atoms with Gasteiger partial charge in [-0.1, -0.05) is 30.3 Å². The molecule has 0 atom stereocenters. The predicted molar refractivity (Wildman–Crippen MR) is 138 cm³/mol. The van der Waals surface area contributed by atoms with Crippen molar-refractivity contribution in [1.29, 1.82) is 0 Å². The third kappa shape index (κ3) is 7.00. The number of ether oxygens (including phenoxy) is 2. The first kappa shape index (κ1) is 25.6. The molecule has 9 nitrogen and oxygen atoms in total. The van der Waals surface area contributed by atoms with Gasteiger partial charge in [-0.2, -0.15) is 0 Å². The van der Waals surface area contributed by atoms with E-state index in [1.54, 1.807) is 29.2 Å². The number of carbonyl (C=O) groups excluding carboxylic acids is 2. The molecule has 1 aliphatic rings.